The van der Waals surface area contributed by atoms with E-state index in [0.717, 1.165) is 51.1 Å². The summed E-state index contributed by atoms with van der Waals surface area (Å²) in [5, 5.41) is 0. The molecule has 0 aromatic heterocycles. The van der Waals surface area contributed by atoms with Crippen molar-refractivity contribution in [2.24, 2.45) is 5.73 Å². The van der Waals surface area contributed by atoms with Crippen LogP contribution < -0.4 is 5.73 Å². The summed E-state index contributed by atoms with van der Waals surface area (Å²) in [6, 6.07) is 15.1. The molecule has 0 radical (unpaired) electrons. The Balaban J connectivity index is 1.65. The van der Waals surface area contributed by atoms with Crippen LogP contribution in [-0.2, 0) is 41.9 Å². The van der Waals surface area contributed by atoms with Crippen LogP contribution in [0.2, 0.25) is 0 Å². The van der Waals surface area contributed by atoms with Crippen molar-refractivity contribution in [3.63, 3.8) is 0 Å². The molecular weight excluding hydrogens is 324 g/mol. The number of rotatable bonds is 8. The summed E-state index contributed by atoms with van der Waals surface area (Å²) in [4.78, 5) is 13.8. The highest BCUT2D eigenvalue weighted by Crippen LogP contribution is 2.24. The van der Waals surface area contributed by atoms with Crippen LogP contribution in [-0.4, -0.2) is 31.1 Å². The van der Waals surface area contributed by atoms with E-state index in [1.54, 1.807) is 7.11 Å². The topological polar surface area (TPSA) is 55.6 Å². The van der Waals surface area contributed by atoms with E-state index in [9.17, 15) is 4.79 Å². The third-order valence-electron chi connectivity index (χ3n) is 5.02. The highest BCUT2D eigenvalue weighted by molar-refractivity contribution is 5.77. The number of fused-ring (bicyclic) bond motifs is 1. The Kier molecular flexibility index (Phi) is 6.42. The van der Waals surface area contributed by atoms with Gasteiger partial charge in [0.2, 0.25) is 5.91 Å². The van der Waals surface area contributed by atoms with Crippen molar-refractivity contribution in [1.29, 1.82) is 0 Å². The molecule has 138 valence electrons. The summed E-state index contributed by atoms with van der Waals surface area (Å²) >= 11 is 0. The largest absolute Gasteiger partial charge is 0.385 e. The molecule has 2 N–H and O–H groups in total. The van der Waals surface area contributed by atoms with Crippen LogP contribution in [0.15, 0.2) is 42.5 Å². The summed E-state index contributed by atoms with van der Waals surface area (Å²) in [6.45, 7) is 3.70. The Labute approximate surface area is 156 Å². The lowest BCUT2D eigenvalue weighted by molar-refractivity contribution is -0.117. The second kappa shape index (κ2) is 8.97. The van der Waals surface area contributed by atoms with Crippen LogP contribution in [0.3, 0.4) is 0 Å². The van der Waals surface area contributed by atoms with Crippen LogP contribution >= 0.6 is 0 Å². The summed E-state index contributed by atoms with van der Waals surface area (Å²) < 4.78 is 5.15. The Morgan fingerprint density at radius 2 is 2.00 bits per heavy atom. The molecule has 1 aliphatic rings. The molecule has 1 heterocycles. The van der Waals surface area contributed by atoms with Crippen LogP contribution in [0.25, 0.3) is 0 Å². The first-order chi connectivity index (χ1) is 12.7. The van der Waals surface area contributed by atoms with E-state index < -0.39 is 0 Å². The van der Waals surface area contributed by atoms with Gasteiger partial charge in [0, 0.05) is 33.4 Å². The zero-order valence-corrected chi connectivity index (χ0v) is 15.5. The minimum absolute atomic E-state index is 0.258. The van der Waals surface area contributed by atoms with Crippen LogP contribution in [0.4, 0.5) is 0 Å². The predicted molar refractivity (Wildman–Crippen MR) is 104 cm³/mol. The van der Waals surface area contributed by atoms with Crippen molar-refractivity contribution in [3.05, 3.63) is 70.3 Å². The average Bonchev–Trinajstić information content (AvgIpc) is 2.62. The molecule has 2 aromatic carbocycles. The SMILES string of the molecule is COCCCc1cccc(CN2CCc3c(CC(N)=O)cccc3C2)c1. The van der Waals surface area contributed by atoms with Gasteiger partial charge in [-0.3, -0.25) is 9.69 Å². The van der Waals surface area contributed by atoms with E-state index in [2.05, 4.69) is 35.2 Å². The maximum Gasteiger partial charge on any atom is 0.221 e. The number of nitrogens with two attached hydrogens (primary N) is 1. The lowest BCUT2D eigenvalue weighted by Crippen LogP contribution is -2.31. The average molecular weight is 352 g/mol. The summed E-state index contributed by atoms with van der Waals surface area (Å²) in [7, 11) is 1.75. The van der Waals surface area contributed by atoms with Crippen molar-refractivity contribution in [3.8, 4) is 0 Å². The summed E-state index contributed by atoms with van der Waals surface area (Å²) in [6.07, 6.45) is 3.43. The van der Waals surface area contributed by atoms with E-state index in [1.165, 1.54) is 22.3 Å². The Hall–Kier alpha value is -2.17. The molecule has 4 heteroatoms. The van der Waals surface area contributed by atoms with E-state index in [0.29, 0.717) is 6.42 Å². The van der Waals surface area contributed by atoms with Crippen molar-refractivity contribution in [2.45, 2.75) is 38.8 Å². The number of ether oxygens (including phenoxy) is 1. The van der Waals surface area contributed by atoms with Gasteiger partial charge in [-0.15, -0.1) is 0 Å². The molecule has 2 aromatic rings. The molecule has 0 saturated heterocycles. The number of amides is 1. The molecular formula is C22H28N2O2. The van der Waals surface area contributed by atoms with Gasteiger partial charge in [-0.1, -0.05) is 42.5 Å². The van der Waals surface area contributed by atoms with Crippen LogP contribution in [0, 0.1) is 0 Å². The lowest BCUT2D eigenvalue weighted by atomic mass is 9.92. The molecule has 26 heavy (non-hydrogen) atoms. The van der Waals surface area contributed by atoms with Gasteiger partial charge in [0.05, 0.1) is 6.42 Å². The summed E-state index contributed by atoms with van der Waals surface area (Å²) in [5.41, 5.74) is 11.9. The first kappa shape index (κ1) is 18.6. The first-order valence-corrected chi connectivity index (χ1v) is 9.33. The molecule has 0 unspecified atom stereocenters. The zero-order valence-electron chi connectivity index (χ0n) is 15.5. The zero-order chi connectivity index (χ0) is 18.4. The van der Waals surface area contributed by atoms with E-state index in [1.807, 2.05) is 12.1 Å². The number of carbonyl (C=O) groups excluding carboxylic acids is 1. The van der Waals surface area contributed by atoms with Crippen molar-refractivity contribution < 1.29 is 9.53 Å². The molecule has 0 spiro atoms. The smallest absolute Gasteiger partial charge is 0.221 e. The molecule has 0 atom stereocenters. The lowest BCUT2D eigenvalue weighted by Gasteiger charge is -2.30. The second-order valence-corrected chi connectivity index (χ2v) is 7.07. The molecule has 4 nitrogen and oxygen atoms in total. The van der Waals surface area contributed by atoms with Crippen LogP contribution in [0.5, 0.6) is 0 Å². The Morgan fingerprint density at radius 1 is 1.19 bits per heavy atom. The number of benzene rings is 2. The van der Waals surface area contributed by atoms with Gasteiger partial charge in [0.1, 0.15) is 0 Å². The maximum atomic E-state index is 11.3. The summed E-state index contributed by atoms with van der Waals surface area (Å²) in [5.74, 6) is -0.258. The van der Waals surface area contributed by atoms with Gasteiger partial charge < -0.3 is 10.5 Å². The van der Waals surface area contributed by atoms with E-state index in [4.69, 9.17) is 10.5 Å². The van der Waals surface area contributed by atoms with E-state index >= 15 is 0 Å². The van der Waals surface area contributed by atoms with Gasteiger partial charge in [-0.2, -0.15) is 0 Å². The minimum Gasteiger partial charge on any atom is -0.385 e. The second-order valence-electron chi connectivity index (χ2n) is 7.07. The number of hydrogen-bond acceptors (Lipinski definition) is 3. The normalized spacial score (nSPS) is 14.2. The Bertz CT molecular complexity index is 758. The molecule has 0 fully saturated rings. The van der Waals surface area contributed by atoms with E-state index in [-0.39, 0.29) is 5.91 Å². The molecule has 3 rings (SSSR count). The van der Waals surface area contributed by atoms with Crippen molar-refractivity contribution in [1.82, 2.24) is 4.90 Å². The van der Waals surface area contributed by atoms with Gasteiger partial charge in [0.15, 0.2) is 0 Å². The molecule has 0 bridgehead atoms. The van der Waals surface area contributed by atoms with Crippen molar-refractivity contribution in [2.75, 3.05) is 20.3 Å². The van der Waals surface area contributed by atoms with Crippen LogP contribution in [0.1, 0.15) is 34.2 Å². The molecule has 1 aliphatic heterocycles. The third kappa shape index (κ3) is 4.93. The minimum atomic E-state index is -0.258. The molecule has 0 saturated carbocycles. The molecule has 1 amide bonds. The molecule has 0 aliphatic carbocycles. The fraction of sp³-hybridized carbons (Fsp3) is 0.409. The van der Waals surface area contributed by atoms with Gasteiger partial charge in [-0.25, -0.2) is 0 Å². The maximum absolute atomic E-state index is 11.3. The third-order valence-corrected chi connectivity index (χ3v) is 5.02. The Morgan fingerprint density at radius 3 is 2.81 bits per heavy atom. The number of primary amides is 1. The van der Waals surface area contributed by atoms with Gasteiger partial charge in [-0.05, 0) is 47.1 Å². The number of aryl methyl sites for hydroxylation is 1. The first-order valence-electron chi connectivity index (χ1n) is 9.33. The predicted octanol–water partition coefficient (Wildman–Crippen LogP) is 2.85. The van der Waals surface area contributed by atoms with Gasteiger partial charge >= 0.3 is 0 Å². The highest BCUT2D eigenvalue weighted by Gasteiger charge is 2.19. The van der Waals surface area contributed by atoms with Gasteiger partial charge in [0.25, 0.3) is 0 Å². The highest BCUT2D eigenvalue weighted by atomic mass is 16.5. The number of hydrogen-bond donors (Lipinski definition) is 1. The standard InChI is InChI=1S/C22H28N2O2/c1-26-12-4-7-17-5-2-6-18(13-17)15-24-11-10-21-19(14-22(23)25)8-3-9-20(21)16-24/h2-3,5-6,8-9,13H,4,7,10-12,14-16H2,1H3,(H2,23,25). The monoisotopic (exact) mass is 352 g/mol. The number of carbonyl (C=O) groups is 1. The number of nitrogens with zero attached hydrogens (tertiary/aromatic N) is 1. The number of methoxy groups -OCH3 is 1. The quantitative estimate of drug-likeness (QED) is 0.743. The fourth-order valence-electron chi connectivity index (χ4n) is 3.80. The van der Waals surface area contributed by atoms with Crippen molar-refractivity contribution >= 4 is 5.91 Å². The fourth-order valence-corrected chi connectivity index (χ4v) is 3.80.